The normalized spacial score (nSPS) is 11.2. The summed E-state index contributed by atoms with van der Waals surface area (Å²) >= 11 is 0. The van der Waals surface area contributed by atoms with Crippen molar-refractivity contribution in [3.05, 3.63) is 54.4 Å². The Kier molecular flexibility index (Phi) is 4.16. The van der Waals surface area contributed by atoms with Crippen LogP contribution in [-0.4, -0.2) is 19.2 Å². The van der Waals surface area contributed by atoms with E-state index < -0.39 is 9.84 Å². The molecule has 2 aromatic rings. The molecule has 0 bridgehead atoms. The highest BCUT2D eigenvalue weighted by atomic mass is 32.2. The van der Waals surface area contributed by atoms with Gasteiger partial charge in [-0.05, 0) is 11.6 Å². The van der Waals surface area contributed by atoms with Crippen molar-refractivity contribution in [3.63, 3.8) is 0 Å². The molecule has 0 unspecified atom stereocenters. The van der Waals surface area contributed by atoms with Gasteiger partial charge >= 0.3 is 0 Å². The zero-order valence-corrected chi connectivity index (χ0v) is 11.4. The maximum atomic E-state index is 11.9. The van der Waals surface area contributed by atoms with Gasteiger partial charge in [-0.3, -0.25) is 4.98 Å². The van der Waals surface area contributed by atoms with Crippen LogP contribution in [0.4, 0.5) is 0 Å². The second kappa shape index (κ2) is 5.84. The molecule has 1 aromatic heterocycles. The van der Waals surface area contributed by atoms with Crippen molar-refractivity contribution in [1.82, 2.24) is 4.98 Å². The van der Waals surface area contributed by atoms with Gasteiger partial charge in [-0.15, -0.1) is 0 Å². The summed E-state index contributed by atoms with van der Waals surface area (Å²) in [4.78, 5) is 4.11. The Hall–Kier alpha value is -1.88. The Morgan fingerprint density at radius 2 is 1.89 bits per heavy atom. The van der Waals surface area contributed by atoms with Gasteiger partial charge in [0.15, 0.2) is 15.6 Å². The standard InChI is InChI=1S/C14H15NO3S/c1-2-19(16,17)14-8-9-15-10-13(14)18-11-12-6-4-3-5-7-12/h3-10H,2,11H2,1H3. The van der Waals surface area contributed by atoms with Crippen LogP contribution in [0.15, 0.2) is 53.7 Å². The van der Waals surface area contributed by atoms with Gasteiger partial charge in [0.1, 0.15) is 11.5 Å². The van der Waals surface area contributed by atoms with E-state index in [1.807, 2.05) is 30.3 Å². The van der Waals surface area contributed by atoms with Gasteiger partial charge in [0.25, 0.3) is 0 Å². The molecule has 19 heavy (non-hydrogen) atoms. The average Bonchev–Trinajstić information content (AvgIpc) is 2.46. The van der Waals surface area contributed by atoms with Gasteiger partial charge in [-0.2, -0.15) is 0 Å². The summed E-state index contributed by atoms with van der Waals surface area (Å²) < 4.78 is 29.4. The molecule has 0 saturated heterocycles. The number of hydrogen-bond donors (Lipinski definition) is 0. The number of sulfone groups is 1. The molecular weight excluding hydrogens is 262 g/mol. The van der Waals surface area contributed by atoms with E-state index in [0.717, 1.165) is 5.56 Å². The quantitative estimate of drug-likeness (QED) is 0.842. The highest BCUT2D eigenvalue weighted by molar-refractivity contribution is 7.91. The van der Waals surface area contributed by atoms with Crippen LogP contribution >= 0.6 is 0 Å². The second-order valence-electron chi connectivity index (χ2n) is 4.00. The zero-order chi connectivity index (χ0) is 13.7. The number of nitrogens with zero attached hydrogens (tertiary/aromatic N) is 1. The highest BCUT2D eigenvalue weighted by Gasteiger charge is 2.17. The molecule has 0 fully saturated rings. The minimum atomic E-state index is -3.30. The summed E-state index contributed by atoms with van der Waals surface area (Å²) in [6, 6.07) is 11.0. The molecule has 0 spiro atoms. The maximum absolute atomic E-state index is 11.9. The molecule has 0 atom stereocenters. The van der Waals surface area contributed by atoms with Crippen molar-refractivity contribution < 1.29 is 13.2 Å². The number of aromatic nitrogens is 1. The summed E-state index contributed by atoms with van der Waals surface area (Å²) in [6.07, 6.45) is 2.89. The molecule has 0 saturated carbocycles. The van der Waals surface area contributed by atoms with Gasteiger partial charge < -0.3 is 4.74 Å². The van der Waals surface area contributed by atoms with Gasteiger partial charge in [0.2, 0.25) is 0 Å². The van der Waals surface area contributed by atoms with Crippen molar-refractivity contribution in [2.75, 3.05) is 5.75 Å². The van der Waals surface area contributed by atoms with E-state index in [1.165, 1.54) is 18.5 Å². The van der Waals surface area contributed by atoms with Crippen molar-refractivity contribution in [2.45, 2.75) is 18.4 Å². The van der Waals surface area contributed by atoms with E-state index in [9.17, 15) is 8.42 Å². The number of ether oxygens (including phenoxy) is 1. The molecule has 0 N–H and O–H groups in total. The van der Waals surface area contributed by atoms with Crippen molar-refractivity contribution in [3.8, 4) is 5.75 Å². The molecule has 100 valence electrons. The van der Waals surface area contributed by atoms with Crippen LogP contribution in [0.5, 0.6) is 5.75 Å². The van der Waals surface area contributed by atoms with Crippen LogP contribution in [-0.2, 0) is 16.4 Å². The van der Waals surface area contributed by atoms with Gasteiger partial charge in [0, 0.05) is 6.20 Å². The average molecular weight is 277 g/mol. The second-order valence-corrected chi connectivity index (χ2v) is 6.25. The Labute approximate surface area is 113 Å². The van der Waals surface area contributed by atoms with Crippen LogP contribution in [0.2, 0.25) is 0 Å². The lowest BCUT2D eigenvalue weighted by Crippen LogP contribution is -2.07. The molecule has 5 heteroatoms. The third-order valence-corrected chi connectivity index (χ3v) is 4.47. The topological polar surface area (TPSA) is 56.3 Å². The first kappa shape index (κ1) is 13.5. The summed E-state index contributed by atoms with van der Waals surface area (Å²) in [5, 5.41) is 0. The van der Waals surface area contributed by atoms with Crippen LogP contribution in [0.3, 0.4) is 0 Å². The lowest BCUT2D eigenvalue weighted by Gasteiger charge is -2.10. The third kappa shape index (κ3) is 3.32. The molecule has 0 aliphatic rings. The minimum Gasteiger partial charge on any atom is -0.486 e. The Morgan fingerprint density at radius 1 is 1.16 bits per heavy atom. The monoisotopic (exact) mass is 277 g/mol. The molecule has 1 heterocycles. The van der Waals surface area contributed by atoms with Gasteiger partial charge in [-0.25, -0.2) is 8.42 Å². The molecule has 4 nitrogen and oxygen atoms in total. The van der Waals surface area contributed by atoms with E-state index in [1.54, 1.807) is 6.92 Å². The van der Waals surface area contributed by atoms with Crippen LogP contribution < -0.4 is 4.74 Å². The fourth-order valence-electron chi connectivity index (χ4n) is 1.62. The predicted octanol–water partition coefficient (Wildman–Crippen LogP) is 2.45. The summed E-state index contributed by atoms with van der Waals surface area (Å²) in [5.41, 5.74) is 0.978. The summed E-state index contributed by atoms with van der Waals surface area (Å²) in [5.74, 6) is 0.340. The largest absolute Gasteiger partial charge is 0.486 e. The van der Waals surface area contributed by atoms with Gasteiger partial charge in [-0.1, -0.05) is 37.3 Å². The molecule has 0 aliphatic carbocycles. The molecule has 0 radical (unpaired) electrons. The van der Waals surface area contributed by atoms with Crippen molar-refractivity contribution >= 4 is 9.84 Å². The fraction of sp³-hybridized carbons (Fsp3) is 0.214. The summed E-state index contributed by atoms with van der Waals surface area (Å²) in [6.45, 7) is 1.93. The number of hydrogen-bond acceptors (Lipinski definition) is 4. The highest BCUT2D eigenvalue weighted by Crippen LogP contribution is 2.24. The molecule has 0 amide bonds. The van der Waals surface area contributed by atoms with E-state index >= 15 is 0 Å². The molecule has 2 rings (SSSR count). The molecule has 1 aromatic carbocycles. The minimum absolute atomic E-state index is 0.0404. The fourth-order valence-corrected chi connectivity index (χ4v) is 2.62. The number of benzene rings is 1. The van der Waals surface area contributed by atoms with E-state index in [-0.39, 0.29) is 10.6 Å². The lowest BCUT2D eigenvalue weighted by atomic mass is 10.2. The van der Waals surface area contributed by atoms with Gasteiger partial charge in [0.05, 0.1) is 11.9 Å². The molecular formula is C14H15NO3S. The van der Waals surface area contributed by atoms with Crippen molar-refractivity contribution in [1.29, 1.82) is 0 Å². The predicted molar refractivity (Wildman–Crippen MR) is 72.7 cm³/mol. The van der Waals surface area contributed by atoms with Crippen LogP contribution in [0, 0.1) is 0 Å². The van der Waals surface area contributed by atoms with E-state index in [2.05, 4.69) is 4.98 Å². The van der Waals surface area contributed by atoms with Crippen LogP contribution in [0.25, 0.3) is 0 Å². The number of pyridine rings is 1. The first-order valence-electron chi connectivity index (χ1n) is 5.97. The van der Waals surface area contributed by atoms with Crippen molar-refractivity contribution in [2.24, 2.45) is 0 Å². The third-order valence-electron chi connectivity index (χ3n) is 2.70. The smallest absolute Gasteiger partial charge is 0.181 e. The van der Waals surface area contributed by atoms with Crippen LogP contribution in [0.1, 0.15) is 12.5 Å². The SMILES string of the molecule is CCS(=O)(=O)c1ccncc1OCc1ccccc1. The summed E-state index contributed by atoms with van der Waals surface area (Å²) in [7, 11) is -3.30. The number of rotatable bonds is 5. The lowest BCUT2D eigenvalue weighted by molar-refractivity contribution is 0.296. The first-order valence-corrected chi connectivity index (χ1v) is 7.62. The van der Waals surface area contributed by atoms with E-state index in [4.69, 9.17) is 4.74 Å². The Morgan fingerprint density at radius 3 is 2.58 bits per heavy atom. The zero-order valence-electron chi connectivity index (χ0n) is 10.6. The Balaban J connectivity index is 2.22. The molecule has 0 aliphatic heterocycles. The first-order chi connectivity index (χ1) is 9.13. The maximum Gasteiger partial charge on any atom is 0.181 e. The Bertz CT molecular complexity index is 639. The van der Waals surface area contributed by atoms with E-state index in [0.29, 0.717) is 12.4 Å².